The molecule has 0 aliphatic heterocycles. The fourth-order valence-electron chi connectivity index (χ4n) is 2.03. The maximum atomic E-state index is 6.19. The number of rotatable bonds is 2. The van der Waals surface area contributed by atoms with E-state index in [9.17, 15) is 0 Å². The Morgan fingerprint density at radius 1 is 1.32 bits per heavy atom. The summed E-state index contributed by atoms with van der Waals surface area (Å²) in [6.07, 6.45) is 2.98. The van der Waals surface area contributed by atoms with E-state index in [1.54, 1.807) is 11.3 Å². The zero-order chi connectivity index (χ0) is 13.7. The van der Waals surface area contributed by atoms with Gasteiger partial charge in [0.05, 0.1) is 10.5 Å². The number of hydrogen-bond donors (Lipinski definition) is 1. The summed E-state index contributed by atoms with van der Waals surface area (Å²) < 4.78 is 5.30. The zero-order valence-corrected chi connectivity index (χ0v) is 12.3. The molecule has 1 aliphatic carbocycles. The highest BCUT2D eigenvalue weighted by Gasteiger charge is 2.39. The minimum atomic E-state index is -0.384. The van der Waals surface area contributed by atoms with Crippen LogP contribution < -0.4 is 5.73 Å². The van der Waals surface area contributed by atoms with Gasteiger partial charge in [0, 0.05) is 10.8 Å². The van der Waals surface area contributed by atoms with Gasteiger partial charge in [-0.15, -0.1) is 11.3 Å². The van der Waals surface area contributed by atoms with Gasteiger partial charge in [0.25, 0.3) is 5.89 Å². The molecule has 0 bridgehead atoms. The van der Waals surface area contributed by atoms with Gasteiger partial charge in [-0.1, -0.05) is 25.9 Å². The van der Waals surface area contributed by atoms with Crippen LogP contribution >= 0.6 is 11.3 Å². The van der Waals surface area contributed by atoms with E-state index in [1.165, 1.54) is 0 Å². The molecule has 102 valence electrons. The van der Waals surface area contributed by atoms with Crippen LogP contribution in [0.3, 0.4) is 0 Å². The van der Waals surface area contributed by atoms with Crippen LogP contribution in [-0.4, -0.2) is 15.1 Å². The molecule has 3 rings (SSSR count). The lowest BCUT2D eigenvalue weighted by atomic mass is 9.77. The lowest BCUT2D eigenvalue weighted by Crippen LogP contribution is -2.44. The first-order valence-electron chi connectivity index (χ1n) is 6.48. The summed E-state index contributed by atoms with van der Waals surface area (Å²) in [6, 6.07) is 0. The van der Waals surface area contributed by atoms with E-state index in [0.717, 1.165) is 30.0 Å². The highest BCUT2D eigenvalue weighted by Crippen LogP contribution is 2.38. The minimum absolute atomic E-state index is 0.0365. The van der Waals surface area contributed by atoms with Crippen molar-refractivity contribution in [3.8, 4) is 11.6 Å². The van der Waals surface area contributed by atoms with Crippen molar-refractivity contribution in [3.63, 3.8) is 0 Å². The number of thiazole rings is 1. The molecule has 19 heavy (non-hydrogen) atoms. The van der Waals surface area contributed by atoms with Crippen LogP contribution in [0.2, 0.25) is 0 Å². The molecule has 1 fully saturated rings. The fraction of sp³-hybridized carbons (Fsp3) is 0.615. The molecule has 1 saturated carbocycles. The molecule has 2 N–H and O–H groups in total. The van der Waals surface area contributed by atoms with Crippen molar-refractivity contribution in [1.29, 1.82) is 0 Å². The van der Waals surface area contributed by atoms with Crippen molar-refractivity contribution in [1.82, 2.24) is 15.1 Å². The van der Waals surface area contributed by atoms with Crippen LogP contribution in [0.5, 0.6) is 0 Å². The molecule has 0 aromatic carbocycles. The van der Waals surface area contributed by atoms with Gasteiger partial charge in [-0.3, -0.25) is 0 Å². The number of aromatic nitrogens is 3. The van der Waals surface area contributed by atoms with Gasteiger partial charge in [-0.25, -0.2) is 4.98 Å². The van der Waals surface area contributed by atoms with E-state index in [2.05, 4.69) is 35.9 Å². The Morgan fingerprint density at radius 2 is 2.05 bits per heavy atom. The topological polar surface area (TPSA) is 77.8 Å². The van der Waals surface area contributed by atoms with Gasteiger partial charge in [0.2, 0.25) is 0 Å². The summed E-state index contributed by atoms with van der Waals surface area (Å²) in [5.41, 5.74) is 6.59. The van der Waals surface area contributed by atoms with Crippen LogP contribution in [0.4, 0.5) is 0 Å². The van der Waals surface area contributed by atoms with Gasteiger partial charge in [0.1, 0.15) is 5.69 Å². The van der Waals surface area contributed by atoms with E-state index in [0.29, 0.717) is 11.7 Å². The third-order valence-corrected chi connectivity index (χ3v) is 4.75. The second-order valence-electron chi connectivity index (χ2n) is 6.22. The molecule has 2 aromatic heterocycles. The van der Waals surface area contributed by atoms with E-state index in [1.807, 2.05) is 5.38 Å². The number of nitrogens with two attached hydrogens (primary N) is 1. The van der Waals surface area contributed by atoms with Crippen molar-refractivity contribution in [3.05, 3.63) is 16.2 Å². The zero-order valence-electron chi connectivity index (χ0n) is 11.4. The second kappa shape index (κ2) is 4.11. The molecule has 6 heteroatoms. The molecule has 0 amide bonds. The van der Waals surface area contributed by atoms with Crippen LogP contribution in [0.1, 0.15) is 50.9 Å². The standard InChI is InChI=1S/C13H18N4OS/c1-12(2,3)11-15-8(7-19-11)9-16-10(17-18-9)13(14)5-4-6-13/h7H,4-6,14H2,1-3H3. The first-order chi connectivity index (χ1) is 8.88. The van der Waals surface area contributed by atoms with Crippen LogP contribution in [-0.2, 0) is 11.0 Å². The Kier molecular flexibility index (Phi) is 2.76. The summed E-state index contributed by atoms with van der Waals surface area (Å²) in [4.78, 5) is 8.98. The van der Waals surface area contributed by atoms with Crippen molar-refractivity contribution >= 4 is 11.3 Å². The second-order valence-corrected chi connectivity index (χ2v) is 7.08. The van der Waals surface area contributed by atoms with Gasteiger partial charge in [0.15, 0.2) is 5.82 Å². The largest absolute Gasteiger partial charge is 0.332 e. The normalized spacial score (nSPS) is 18.3. The predicted octanol–water partition coefficient (Wildman–Crippen LogP) is 2.83. The molecular weight excluding hydrogens is 260 g/mol. The van der Waals surface area contributed by atoms with Crippen molar-refractivity contribution in [2.45, 2.75) is 51.0 Å². The molecule has 5 nitrogen and oxygen atoms in total. The maximum Gasteiger partial charge on any atom is 0.277 e. The maximum absolute atomic E-state index is 6.19. The van der Waals surface area contributed by atoms with Crippen LogP contribution in [0.15, 0.2) is 9.90 Å². The highest BCUT2D eigenvalue weighted by molar-refractivity contribution is 7.10. The SMILES string of the molecule is CC(C)(C)c1nc(-c2nc(C3(N)CCC3)no2)cs1. The Morgan fingerprint density at radius 3 is 2.58 bits per heavy atom. The fourth-order valence-corrected chi connectivity index (χ4v) is 2.91. The molecule has 0 unspecified atom stereocenters. The lowest BCUT2D eigenvalue weighted by Gasteiger charge is -2.34. The van der Waals surface area contributed by atoms with Crippen molar-refractivity contribution in [2.24, 2.45) is 5.73 Å². The van der Waals surface area contributed by atoms with Gasteiger partial charge >= 0.3 is 0 Å². The van der Waals surface area contributed by atoms with Crippen LogP contribution in [0, 0.1) is 0 Å². The first-order valence-corrected chi connectivity index (χ1v) is 7.36. The van der Waals surface area contributed by atoms with E-state index < -0.39 is 0 Å². The molecule has 2 heterocycles. The number of nitrogens with zero attached hydrogens (tertiary/aromatic N) is 3. The highest BCUT2D eigenvalue weighted by atomic mass is 32.1. The monoisotopic (exact) mass is 278 g/mol. The molecule has 1 aliphatic rings. The Hall–Kier alpha value is -1.27. The first kappa shape index (κ1) is 12.7. The van der Waals surface area contributed by atoms with Gasteiger partial charge in [-0.2, -0.15) is 4.98 Å². The smallest absolute Gasteiger partial charge is 0.277 e. The average Bonchev–Trinajstić information content (AvgIpc) is 2.93. The summed E-state index contributed by atoms with van der Waals surface area (Å²) in [5, 5.41) is 7.03. The predicted molar refractivity (Wildman–Crippen MR) is 73.8 cm³/mol. The number of hydrogen-bond acceptors (Lipinski definition) is 6. The van der Waals surface area contributed by atoms with E-state index >= 15 is 0 Å². The summed E-state index contributed by atoms with van der Waals surface area (Å²) in [6.45, 7) is 6.41. The third-order valence-electron chi connectivity index (χ3n) is 3.48. The average molecular weight is 278 g/mol. The van der Waals surface area contributed by atoms with E-state index in [4.69, 9.17) is 10.3 Å². The van der Waals surface area contributed by atoms with Gasteiger partial charge in [-0.05, 0) is 19.3 Å². The molecule has 2 aromatic rings. The quantitative estimate of drug-likeness (QED) is 0.914. The Labute approximate surface area is 116 Å². The molecular formula is C13H18N4OS. The minimum Gasteiger partial charge on any atom is -0.332 e. The van der Waals surface area contributed by atoms with Gasteiger partial charge < -0.3 is 10.3 Å². The molecule has 0 radical (unpaired) electrons. The molecule has 0 saturated heterocycles. The third kappa shape index (κ3) is 2.19. The van der Waals surface area contributed by atoms with Crippen molar-refractivity contribution < 1.29 is 4.52 Å². The molecule has 0 spiro atoms. The molecule has 0 atom stereocenters. The van der Waals surface area contributed by atoms with E-state index in [-0.39, 0.29) is 11.0 Å². The lowest BCUT2D eigenvalue weighted by molar-refractivity contribution is 0.229. The summed E-state index contributed by atoms with van der Waals surface area (Å²) >= 11 is 1.62. The summed E-state index contributed by atoms with van der Waals surface area (Å²) in [5.74, 6) is 1.08. The Bertz CT molecular complexity index is 592. The summed E-state index contributed by atoms with van der Waals surface area (Å²) in [7, 11) is 0. The Balaban J connectivity index is 1.89. The van der Waals surface area contributed by atoms with Crippen LogP contribution in [0.25, 0.3) is 11.6 Å². The van der Waals surface area contributed by atoms with Crippen molar-refractivity contribution in [2.75, 3.05) is 0 Å².